The summed E-state index contributed by atoms with van der Waals surface area (Å²) in [6.07, 6.45) is 0. The van der Waals surface area contributed by atoms with Crippen LogP contribution < -0.4 is 10.6 Å². The van der Waals surface area contributed by atoms with Crippen LogP contribution in [0.15, 0.2) is 42.5 Å². The summed E-state index contributed by atoms with van der Waals surface area (Å²) in [7, 11) is 0. The van der Waals surface area contributed by atoms with Crippen LogP contribution in [-0.2, 0) is 0 Å². The largest absolute Gasteiger partial charge is 0.332 e. The molecule has 0 saturated heterocycles. The molecule has 3 nitrogen and oxygen atoms in total. The number of thiocarbonyl (C=S) groups is 1. The van der Waals surface area contributed by atoms with E-state index in [0.29, 0.717) is 10.6 Å². The second-order valence-electron chi connectivity index (χ2n) is 4.65. The van der Waals surface area contributed by atoms with Gasteiger partial charge in [0.1, 0.15) is 0 Å². The molecule has 5 heteroatoms. The normalized spacial score (nSPS) is 10.0. The Morgan fingerprint density at radius 1 is 1.05 bits per heavy atom. The lowest BCUT2D eigenvalue weighted by molar-refractivity contribution is 0.0978. The van der Waals surface area contributed by atoms with Crippen LogP contribution in [0.2, 0.25) is 5.02 Å². The third-order valence-electron chi connectivity index (χ3n) is 3.07. The summed E-state index contributed by atoms with van der Waals surface area (Å²) in [5.41, 5.74) is 3.42. The zero-order valence-corrected chi connectivity index (χ0v) is 13.3. The van der Waals surface area contributed by atoms with Gasteiger partial charge in [-0.05, 0) is 49.3 Å². The Hall–Kier alpha value is -1.91. The fourth-order valence-electron chi connectivity index (χ4n) is 1.97. The molecule has 0 atom stereocenters. The van der Waals surface area contributed by atoms with E-state index in [1.54, 1.807) is 24.3 Å². The Morgan fingerprint density at radius 2 is 1.67 bits per heavy atom. The van der Waals surface area contributed by atoms with Crippen LogP contribution in [0.25, 0.3) is 0 Å². The van der Waals surface area contributed by atoms with Crippen molar-refractivity contribution in [2.75, 3.05) is 5.32 Å². The zero-order valence-electron chi connectivity index (χ0n) is 11.7. The van der Waals surface area contributed by atoms with Crippen molar-refractivity contribution in [2.24, 2.45) is 0 Å². The molecule has 2 rings (SSSR count). The van der Waals surface area contributed by atoms with E-state index in [-0.39, 0.29) is 11.0 Å². The highest BCUT2D eigenvalue weighted by Gasteiger charge is 2.12. The van der Waals surface area contributed by atoms with Gasteiger partial charge in [-0.2, -0.15) is 0 Å². The molecule has 21 heavy (non-hydrogen) atoms. The Kier molecular flexibility index (Phi) is 4.94. The molecule has 0 radical (unpaired) electrons. The van der Waals surface area contributed by atoms with Gasteiger partial charge in [-0.3, -0.25) is 10.1 Å². The number of hydrogen-bond donors (Lipinski definition) is 2. The van der Waals surface area contributed by atoms with Gasteiger partial charge >= 0.3 is 0 Å². The van der Waals surface area contributed by atoms with E-state index < -0.39 is 0 Å². The summed E-state index contributed by atoms with van der Waals surface area (Å²) in [5.74, 6) is -0.329. The summed E-state index contributed by atoms with van der Waals surface area (Å²) >= 11 is 11.2. The number of carbonyl (C=O) groups excluding carboxylic acids is 1. The van der Waals surface area contributed by atoms with Crippen molar-refractivity contribution in [1.29, 1.82) is 0 Å². The number of carbonyl (C=O) groups is 1. The van der Waals surface area contributed by atoms with Gasteiger partial charge in [0.2, 0.25) is 0 Å². The van der Waals surface area contributed by atoms with E-state index in [1.165, 1.54) is 0 Å². The van der Waals surface area contributed by atoms with Gasteiger partial charge in [0.15, 0.2) is 5.11 Å². The Balaban J connectivity index is 2.09. The summed E-state index contributed by atoms with van der Waals surface area (Å²) < 4.78 is 0. The highest BCUT2D eigenvalue weighted by Crippen LogP contribution is 2.19. The molecular weight excluding hydrogens is 304 g/mol. The van der Waals surface area contributed by atoms with Crippen LogP contribution >= 0.6 is 23.8 Å². The highest BCUT2D eigenvalue weighted by atomic mass is 35.5. The molecule has 0 aliphatic rings. The third kappa shape index (κ3) is 3.80. The Bertz CT molecular complexity index is 680. The summed E-state index contributed by atoms with van der Waals surface area (Å²) in [4.78, 5) is 12.1. The lowest BCUT2D eigenvalue weighted by Gasteiger charge is -2.14. The molecular formula is C16H15ClN2OS. The highest BCUT2D eigenvalue weighted by molar-refractivity contribution is 7.80. The smallest absolute Gasteiger partial charge is 0.258 e. The van der Waals surface area contributed by atoms with Crippen LogP contribution in [0.4, 0.5) is 5.69 Å². The van der Waals surface area contributed by atoms with Crippen molar-refractivity contribution in [3.63, 3.8) is 0 Å². The average Bonchev–Trinajstić information content (AvgIpc) is 2.43. The van der Waals surface area contributed by atoms with E-state index in [4.69, 9.17) is 23.8 Å². The van der Waals surface area contributed by atoms with E-state index in [2.05, 4.69) is 10.6 Å². The van der Waals surface area contributed by atoms with Gasteiger partial charge in [-0.15, -0.1) is 0 Å². The summed E-state index contributed by atoms with van der Waals surface area (Å²) in [6.45, 7) is 3.96. The van der Waals surface area contributed by atoms with Crippen LogP contribution in [0, 0.1) is 13.8 Å². The first-order valence-corrected chi connectivity index (χ1v) is 7.20. The second kappa shape index (κ2) is 6.70. The molecule has 0 heterocycles. The standard InChI is InChI=1S/C16H15ClN2OS/c1-10-6-5-7-11(2)14(10)18-16(21)19-15(20)12-8-3-4-9-13(12)17/h3-9H,1-2H3,(H2,18,19,20,21). The molecule has 0 fully saturated rings. The predicted molar refractivity (Wildman–Crippen MR) is 91.1 cm³/mol. The first-order valence-electron chi connectivity index (χ1n) is 6.42. The van der Waals surface area contributed by atoms with Gasteiger partial charge in [-0.1, -0.05) is 41.9 Å². The Morgan fingerprint density at radius 3 is 2.29 bits per heavy atom. The van der Waals surface area contributed by atoms with E-state index in [9.17, 15) is 4.79 Å². The van der Waals surface area contributed by atoms with Crippen molar-refractivity contribution in [3.05, 3.63) is 64.2 Å². The first-order chi connectivity index (χ1) is 9.99. The number of hydrogen-bond acceptors (Lipinski definition) is 2. The molecule has 0 aliphatic heterocycles. The molecule has 0 bridgehead atoms. The van der Waals surface area contributed by atoms with E-state index in [1.807, 2.05) is 32.0 Å². The molecule has 2 aromatic rings. The summed E-state index contributed by atoms with van der Waals surface area (Å²) in [5, 5.41) is 6.33. The molecule has 0 spiro atoms. The van der Waals surface area contributed by atoms with Gasteiger partial charge in [0.25, 0.3) is 5.91 Å². The van der Waals surface area contributed by atoms with Crippen molar-refractivity contribution in [2.45, 2.75) is 13.8 Å². The molecule has 0 unspecified atom stereocenters. The number of amides is 1. The zero-order chi connectivity index (χ0) is 15.4. The number of aryl methyl sites for hydroxylation is 2. The minimum atomic E-state index is -0.329. The molecule has 0 saturated carbocycles. The van der Waals surface area contributed by atoms with Gasteiger partial charge in [0.05, 0.1) is 10.6 Å². The average molecular weight is 319 g/mol. The van der Waals surface area contributed by atoms with Crippen molar-refractivity contribution in [1.82, 2.24) is 5.32 Å². The topological polar surface area (TPSA) is 41.1 Å². The molecule has 2 N–H and O–H groups in total. The fourth-order valence-corrected chi connectivity index (χ4v) is 2.39. The molecule has 0 aliphatic carbocycles. The Labute approximate surface area is 134 Å². The van der Waals surface area contributed by atoms with Gasteiger partial charge in [-0.25, -0.2) is 0 Å². The molecule has 2 aromatic carbocycles. The van der Waals surface area contributed by atoms with Crippen LogP contribution in [0.1, 0.15) is 21.5 Å². The van der Waals surface area contributed by atoms with Crippen molar-refractivity contribution < 1.29 is 4.79 Å². The van der Waals surface area contributed by atoms with E-state index in [0.717, 1.165) is 16.8 Å². The SMILES string of the molecule is Cc1cccc(C)c1NC(=S)NC(=O)c1ccccc1Cl. The van der Waals surface area contributed by atoms with Crippen LogP contribution in [0.3, 0.4) is 0 Å². The first kappa shape index (κ1) is 15.5. The monoisotopic (exact) mass is 318 g/mol. The maximum Gasteiger partial charge on any atom is 0.258 e. The number of anilines is 1. The molecule has 1 amide bonds. The van der Waals surface area contributed by atoms with E-state index >= 15 is 0 Å². The summed E-state index contributed by atoms with van der Waals surface area (Å²) in [6, 6.07) is 12.8. The predicted octanol–water partition coefficient (Wildman–Crippen LogP) is 4.08. The lowest BCUT2D eigenvalue weighted by atomic mass is 10.1. The minimum absolute atomic E-state index is 0.248. The fraction of sp³-hybridized carbons (Fsp3) is 0.125. The number of benzene rings is 2. The van der Waals surface area contributed by atoms with Crippen LogP contribution in [0.5, 0.6) is 0 Å². The number of halogens is 1. The number of nitrogens with one attached hydrogen (secondary N) is 2. The third-order valence-corrected chi connectivity index (χ3v) is 3.60. The second-order valence-corrected chi connectivity index (χ2v) is 5.47. The quantitative estimate of drug-likeness (QED) is 0.820. The minimum Gasteiger partial charge on any atom is -0.332 e. The van der Waals surface area contributed by atoms with Gasteiger partial charge in [0, 0.05) is 5.69 Å². The van der Waals surface area contributed by atoms with Gasteiger partial charge < -0.3 is 5.32 Å². The number of para-hydroxylation sites is 1. The van der Waals surface area contributed by atoms with Crippen molar-refractivity contribution in [3.8, 4) is 0 Å². The lowest BCUT2D eigenvalue weighted by Crippen LogP contribution is -2.34. The number of rotatable bonds is 2. The maximum atomic E-state index is 12.1. The van der Waals surface area contributed by atoms with Crippen molar-refractivity contribution >= 4 is 40.5 Å². The maximum absolute atomic E-state index is 12.1. The van der Waals surface area contributed by atoms with Crippen LogP contribution in [-0.4, -0.2) is 11.0 Å². The molecule has 108 valence electrons. The molecule has 0 aromatic heterocycles.